The zero-order valence-electron chi connectivity index (χ0n) is 19.0. The molecule has 4 aliphatic rings. The van der Waals surface area contributed by atoms with Crippen LogP contribution in [0.15, 0.2) is 10.6 Å². The Labute approximate surface area is 196 Å². The van der Waals surface area contributed by atoms with Crippen LogP contribution in [0.4, 0.5) is 0 Å². The number of likely N-dealkylation sites (N-methyl/N-ethyl adjacent to an activating group) is 1. The van der Waals surface area contributed by atoms with Crippen LogP contribution in [0.1, 0.15) is 26.7 Å². The topological polar surface area (TPSA) is 163 Å². The van der Waals surface area contributed by atoms with E-state index in [1.165, 1.54) is 16.7 Å². The van der Waals surface area contributed by atoms with E-state index in [4.69, 9.17) is 11.1 Å². The van der Waals surface area contributed by atoms with Crippen molar-refractivity contribution in [1.29, 1.82) is 5.41 Å². The lowest BCUT2D eigenvalue weighted by Crippen LogP contribution is -2.63. The van der Waals surface area contributed by atoms with E-state index in [0.717, 1.165) is 6.42 Å². The summed E-state index contributed by atoms with van der Waals surface area (Å²) in [6.45, 7) is 5.22. The summed E-state index contributed by atoms with van der Waals surface area (Å²) in [6.07, 6.45) is 0.493. The molecule has 0 saturated carbocycles. The molecule has 0 radical (unpaired) electrons. The summed E-state index contributed by atoms with van der Waals surface area (Å²) < 4.78 is 0. The highest BCUT2D eigenvalue weighted by Gasteiger charge is 2.60. The maximum atomic E-state index is 13.2. The van der Waals surface area contributed by atoms with Gasteiger partial charge in [-0.05, 0) is 26.8 Å². The van der Waals surface area contributed by atoms with Gasteiger partial charge in [0.2, 0.25) is 11.8 Å². The van der Waals surface area contributed by atoms with E-state index >= 15 is 0 Å². The number of guanidine groups is 1. The van der Waals surface area contributed by atoms with Gasteiger partial charge >= 0.3 is 5.97 Å². The lowest BCUT2D eigenvalue weighted by atomic mass is 9.79. The zero-order chi connectivity index (χ0) is 24.2. The summed E-state index contributed by atoms with van der Waals surface area (Å²) >= 11 is 1.45. The van der Waals surface area contributed by atoms with Crippen molar-refractivity contribution >= 4 is 35.5 Å². The first-order chi connectivity index (χ1) is 15.5. The summed E-state index contributed by atoms with van der Waals surface area (Å²) in [7, 11) is 1.90. The molecule has 0 aromatic carbocycles. The van der Waals surface area contributed by atoms with Crippen LogP contribution in [0.5, 0.6) is 0 Å². The Bertz CT molecular complexity index is 910. The summed E-state index contributed by atoms with van der Waals surface area (Å²) in [5.74, 6) is -2.31. The average Bonchev–Trinajstić information content (AvgIpc) is 3.37. The van der Waals surface area contributed by atoms with Crippen LogP contribution in [0.2, 0.25) is 0 Å². The quantitative estimate of drug-likeness (QED) is 0.183. The van der Waals surface area contributed by atoms with Gasteiger partial charge in [-0.25, -0.2) is 4.79 Å². The number of nitrogens with one attached hydrogen (secondary N) is 2. The molecule has 12 heteroatoms. The number of fused-ring (bicyclic) bond motifs is 1. The number of aliphatic hydroxyl groups excluding tert-OH is 1. The van der Waals surface area contributed by atoms with E-state index in [2.05, 4.69) is 5.32 Å². The summed E-state index contributed by atoms with van der Waals surface area (Å²) in [6, 6.07) is -0.652. The molecule has 33 heavy (non-hydrogen) atoms. The van der Waals surface area contributed by atoms with E-state index in [1.54, 1.807) is 11.8 Å². The highest BCUT2D eigenvalue weighted by molar-refractivity contribution is 8.03. The number of nitrogens with zero attached hydrogens (tertiary/aromatic N) is 3. The van der Waals surface area contributed by atoms with Gasteiger partial charge in [0.15, 0.2) is 5.96 Å². The molecule has 3 fully saturated rings. The molecule has 0 aromatic rings. The number of amides is 2. The summed E-state index contributed by atoms with van der Waals surface area (Å²) in [5, 5.41) is 30.1. The van der Waals surface area contributed by atoms with E-state index < -0.39 is 18.0 Å². The normalized spacial score (nSPS) is 35.0. The van der Waals surface area contributed by atoms with Gasteiger partial charge in [-0.3, -0.25) is 19.9 Å². The van der Waals surface area contributed by atoms with Gasteiger partial charge < -0.3 is 31.1 Å². The second-order valence-electron chi connectivity index (χ2n) is 9.53. The molecule has 4 aliphatic heterocycles. The molecule has 4 heterocycles. The molecule has 0 spiro atoms. The van der Waals surface area contributed by atoms with Crippen LogP contribution in [0.3, 0.4) is 0 Å². The number of hydrogen-bond acceptors (Lipinski definition) is 7. The van der Waals surface area contributed by atoms with Crippen molar-refractivity contribution in [3.63, 3.8) is 0 Å². The number of β-lactam (4-membered cyclic amide) rings is 1. The van der Waals surface area contributed by atoms with Crippen LogP contribution in [0, 0.1) is 17.2 Å². The van der Waals surface area contributed by atoms with Crippen LogP contribution in [-0.2, 0) is 14.4 Å². The van der Waals surface area contributed by atoms with Crippen LogP contribution >= 0.6 is 11.8 Å². The number of aliphatic carboxylic acids is 1. The van der Waals surface area contributed by atoms with Crippen molar-refractivity contribution in [3.8, 4) is 0 Å². The number of nitrogens with two attached hydrogens (primary N) is 1. The van der Waals surface area contributed by atoms with Crippen molar-refractivity contribution in [2.75, 3.05) is 26.7 Å². The van der Waals surface area contributed by atoms with Gasteiger partial charge in [0.05, 0.1) is 24.1 Å². The van der Waals surface area contributed by atoms with Gasteiger partial charge in [-0.1, -0.05) is 6.92 Å². The first-order valence-electron chi connectivity index (χ1n) is 11.3. The first kappa shape index (κ1) is 23.8. The number of carboxylic acids is 1. The van der Waals surface area contributed by atoms with E-state index in [-0.39, 0.29) is 52.8 Å². The monoisotopic (exact) mass is 480 g/mol. The minimum Gasteiger partial charge on any atom is -0.477 e. The fourth-order valence-electron chi connectivity index (χ4n) is 5.69. The highest BCUT2D eigenvalue weighted by atomic mass is 32.2. The van der Waals surface area contributed by atoms with Gasteiger partial charge in [-0.2, -0.15) is 0 Å². The molecule has 0 aliphatic carbocycles. The predicted molar refractivity (Wildman–Crippen MR) is 122 cm³/mol. The van der Waals surface area contributed by atoms with E-state index in [0.29, 0.717) is 31.0 Å². The summed E-state index contributed by atoms with van der Waals surface area (Å²) in [4.78, 5) is 43.5. The van der Waals surface area contributed by atoms with Crippen molar-refractivity contribution in [3.05, 3.63) is 10.6 Å². The smallest absolute Gasteiger partial charge is 0.353 e. The molecule has 11 nitrogen and oxygen atoms in total. The molecule has 1 unspecified atom stereocenters. The number of hydrogen-bond donors (Lipinski definition) is 5. The maximum Gasteiger partial charge on any atom is 0.353 e. The number of thioether (sulfide) groups is 1. The molecule has 7 atom stereocenters. The second-order valence-corrected chi connectivity index (χ2v) is 10.9. The zero-order valence-corrected chi connectivity index (χ0v) is 19.8. The number of aliphatic hydroxyl groups is 1. The third kappa shape index (κ3) is 4.08. The fraction of sp³-hybridized carbons (Fsp3) is 0.714. The SMILES string of the molecule is CC(O)[C@H]1C(=O)N2C(C(=O)O)=C(S[C@H]3C[C@@H](C(=O)N4CC[C@@H](NC(=N)N)C4)N(C)C3)[C@H](C)[C@H]12. The minimum atomic E-state index is -1.13. The van der Waals surface area contributed by atoms with Crippen molar-refractivity contribution < 1.29 is 24.6 Å². The summed E-state index contributed by atoms with van der Waals surface area (Å²) in [5.41, 5.74) is 5.43. The number of likely N-dealkylation sites (tertiary alicyclic amines) is 2. The lowest BCUT2D eigenvalue weighted by Gasteiger charge is -2.46. The second kappa shape index (κ2) is 8.80. The molecule has 182 valence electrons. The maximum absolute atomic E-state index is 13.2. The predicted octanol–water partition coefficient (Wildman–Crippen LogP) is -0.970. The Morgan fingerprint density at radius 2 is 2.03 bits per heavy atom. The number of rotatable bonds is 6. The van der Waals surface area contributed by atoms with E-state index in [1.807, 2.05) is 18.9 Å². The molecule has 4 rings (SSSR count). The highest BCUT2D eigenvalue weighted by Crippen LogP contribution is 2.52. The Morgan fingerprint density at radius 1 is 1.33 bits per heavy atom. The third-order valence-corrected chi connectivity index (χ3v) is 8.75. The average molecular weight is 481 g/mol. The molecule has 2 amide bonds. The number of carboxylic acid groups (broad SMARTS) is 1. The number of carbonyl (C=O) groups excluding carboxylic acids is 2. The Kier molecular flexibility index (Phi) is 6.36. The van der Waals surface area contributed by atoms with Gasteiger partial charge in [0.25, 0.3) is 0 Å². The Morgan fingerprint density at radius 3 is 2.64 bits per heavy atom. The Balaban J connectivity index is 1.44. The van der Waals surface area contributed by atoms with Crippen molar-refractivity contribution in [2.24, 2.45) is 17.6 Å². The molecular weight excluding hydrogens is 448 g/mol. The molecular formula is C21H32N6O5S. The van der Waals surface area contributed by atoms with Gasteiger partial charge in [-0.15, -0.1) is 11.8 Å². The van der Waals surface area contributed by atoms with Gasteiger partial charge in [0.1, 0.15) is 5.70 Å². The van der Waals surface area contributed by atoms with Crippen molar-refractivity contribution in [1.82, 2.24) is 20.0 Å². The van der Waals surface area contributed by atoms with E-state index in [9.17, 15) is 24.6 Å². The van der Waals surface area contributed by atoms with Gasteiger partial charge in [0, 0.05) is 41.7 Å². The van der Waals surface area contributed by atoms with Crippen LogP contribution in [0.25, 0.3) is 0 Å². The Hall–Kier alpha value is -2.31. The molecule has 0 bridgehead atoms. The molecule has 3 saturated heterocycles. The van der Waals surface area contributed by atoms with Crippen molar-refractivity contribution in [2.45, 2.75) is 56.2 Å². The molecule has 6 N–H and O–H groups in total. The van der Waals surface area contributed by atoms with Crippen LogP contribution < -0.4 is 11.1 Å². The third-order valence-electron chi connectivity index (χ3n) is 7.26. The largest absolute Gasteiger partial charge is 0.477 e. The first-order valence-corrected chi connectivity index (χ1v) is 12.1. The van der Waals surface area contributed by atoms with Crippen LogP contribution in [-0.4, -0.2) is 105 Å². The standard InChI is InChI=1S/C21H32N6O5S/c1-9-15-14(10(2)28)19(30)27(15)16(20(31)32)17(9)33-12-6-13(25(3)8-12)18(29)26-5-4-11(7-26)24-21(22)23/h9-15,28H,4-8H2,1-3H3,(H,31,32)(H4,22,23,24)/t9-,10?,11-,12+,13+,14-,15-/m1/s1. The molecule has 0 aromatic heterocycles. The lowest BCUT2D eigenvalue weighted by molar-refractivity contribution is -0.163. The number of carbonyl (C=O) groups is 3. The minimum absolute atomic E-state index is 0.0169. The fourth-order valence-corrected chi connectivity index (χ4v) is 7.29.